The second kappa shape index (κ2) is 38.1. The maximum Gasteiger partial charge on any atom is 1.00 e. The molecule has 0 heterocycles. The van der Waals surface area contributed by atoms with Crippen molar-refractivity contribution in [3.63, 3.8) is 0 Å². The first-order valence-electron chi connectivity index (χ1n) is 22.0. The molecule has 0 aliphatic carbocycles. The molecular weight excluding hydrogens is 720 g/mol. The van der Waals surface area contributed by atoms with Gasteiger partial charge < -0.3 is 14.0 Å². The minimum absolute atomic E-state index is 0. The average Bonchev–Trinajstić information content (AvgIpc) is 3.16. The first-order valence-corrected chi connectivity index (χ1v) is 23.5. The van der Waals surface area contributed by atoms with Crippen LogP contribution in [0.15, 0.2) is 47.4 Å². The van der Waals surface area contributed by atoms with Crippen molar-refractivity contribution in [3.05, 3.63) is 53.6 Å². The van der Waals surface area contributed by atoms with Gasteiger partial charge in [-0.15, -0.1) is 0 Å². The molecule has 0 aliphatic heterocycles. The zero-order chi connectivity index (χ0) is 39.4. The molecule has 0 saturated carbocycles. The zero-order valence-corrected chi connectivity index (χ0v) is 38.3. The van der Waals surface area contributed by atoms with Crippen molar-refractivity contribution in [1.82, 2.24) is 0 Å². The second-order valence-electron chi connectivity index (χ2n) is 15.0. The second-order valence-corrected chi connectivity index (χ2v) is 16.4. The minimum Gasteiger partial charge on any atom is -0.744 e. The molecule has 0 amide bonds. The van der Waals surface area contributed by atoms with Crippen LogP contribution in [0.2, 0.25) is 0 Å². The summed E-state index contributed by atoms with van der Waals surface area (Å²) in [5, 5.41) is 0. The van der Waals surface area contributed by atoms with Crippen molar-refractivity contribution in [2.45, 2.75) is 211 Å². The van der Waals surface area contributed by atoms with Gasteiger partial charge in [0.15, 0.2) is 0 Å². The number of ether oxygens (including phenoxy) is 2. The molecule has 0 aliphatic rings. The Hall–Kier alpha value is -1.45. The Morgan fingerprint density at radius 2 is 0.800 bits per heavy atom. The molecule has 1 aromatic rings. The predicted octanol–water partition coefficient (Wildman–Crippen LogP) is 10.8. The Bertz CT molecular complexity index is 1240. The van der Waals surface area contributed by atoms with Crippen LogP contribution in [0.4, 0.5) is 0 Å². The van der Waals surface area contributed by atoms with Crippen molar-refractivity contribution >= 4 is 22.1 Å². The molecule has 1 aromatic carbocycles. The Morgan fingerprint density at radius 3 is 1.15 bits per heavy atom. The normalized spacial score (nSPS) is 11.7. The first-order chi connectivity index (χ1) is 26.3. The van der Waals surface area contributed by atoms with Crippen LogP contribution in [-0.4, -0.2) is 38.1 Å². The van der Waals surface area contributed by atoms with E-state index in [-0.39, 0.29) is 53.9 Å². The van der Waals surface area contributed by atoms with Gasteiger partial charge in [0, 0.05) is 0 Å². The maximum atomic E-state index is 12.9. The smallest absolute Gasteiger partial charge is 0.744 e. The van der Waals surface area contributed by atoms with Gasteiger partial charge >= 0.3 is 41.5 Å². The van der Waals surface area contributed by atoms with E-state index in [9.17, 15) is 22.6 Å². The number of allylic oxidation sites excluding steroid dienone is 4. The van der Waals surface area contributed by atoms with E-state index in [1.54, 1.807) is 0 Å². The summed E-state index contributed by atoms with van der Waals surface area (Å²) >= 11 is 0. The van der Waals surface area contributed by atoms with Crippen LogP contribution in [0.3, 0.4) is 0 Å². The quantitative estimate of drug-likeness (QED) is 0.0217. The van der Waals surface area contributed by atoms with Crippen LogP contribution in [0.1, 0.15) is 227 Å². The number of esters is 2. The fraction of sp³-hybridized carbons (Fsp3) is 0.739. The van der Waals surface area contributed by atoms with Gasteiger partial charge in [0.1, 0.15) is 10.1 Å². The van der Waals surface area contributed by atoms with E-state index in [1.165, 1.54) is 147 Å². The van der Waals surface area contributed by atoms with Crippen LogP contribution >= 0.6 is 0 Å². The molecule has 0 spiro atoms. The zero-order valence-electron chi connectivity index (χ0n) is 35.4. The van der Waals surface area contributed by atoms with Gasteiger partial charge in [-0.2, -0.15) is 0 Å². The van der Waals surface area contributed by atoms with Crippen molar-refractivity contribution in [2.24, 2.45) is 0 Å². The maximum absolute atomic E-state index is 12.9. The summed E-state index contributed by atoms with van der Waals surface area (Å²) in [5.41, 5.74) is -0.337. The van der Waals surface area contributed by atoms with Gasteiger partial charge in [-0.05, 0) is 69.6 Å². The summed E-state index contributed by atoms with van der Waals surface area (Å²) in [6, 6.07) is 3.14. The number of benzene rings is 1. The number of unbranched alkanes of at least 4 members (excludes halogenated alkanes) is 26. The molecule has 0 fully saturated rings. The SMILES string of the molecule is CCC/C=C/CCCCCCCCCCCCCCOC(=O)c1ccc(S(=O)(=O)[O-])cc1C(=O)OCCCCCCCCCCCCCC/C=C/CCC.[Na+]. The van der Waals surface area contributed by atoms with Gasteiger partial charge in [0.2, 0.25) is 0 Å². The monoisotopic (exact) mass is 797 g/mol. The van der Waals surface area contributed by atoms with E-state index >= 15 is 0 Å². The molecule has 55 heavy (non-hydrogen) atoms. The van der Waals surface area contributed by atoms with Gasteiger partial charge in [-0.3, -0.25) is 0 Å². The molecule has 9 heteroatoms. The molecule has 0 saturated heterocycles. The molecule has 0 atom stereocenters. The molecule has 0 bridgehead atoms. The Morgan fingerprint density at radius 1 is 0.491 bits per heavy atom. The minimum atomic E-state index is -4.82. The van der Waals surface area contributed by atoms with Crippen molar-refractivity contribution in [3.8, 4) is 0 Å². The molecule has 1 rings (SSSR count). The standard InChI is InChI=1S/C46H78O7S.Na/c1-3-5-7-9-11-13-15-17-19-21-23-25-27-29-31-33-35-39-52-45(47)43-38-37-42(54(49,50)51)41-44(43)46(48)53-40-36-34-32-30-28-26-24-22-20-18-16-14-12-10-8-6-4-2;/h7-10,37-38,41H,3-6,11-36,39-40H2,1-2H3,(H,49,50,51);/q;+1/p-1/b9-7+,10-8+;. The van der Waals surface area contributed by atoms with E-state index in [0.29, 0.717) is 12.8 Å². The summed E-state index contributed by atoms with van der Waals surface area (Å²) in [6.45, 7) is 4.79. The Kier molecular flexibility index (Phi) is 37.1. The number of hydrogen-bond donors (Lipinski definition) is 0. The third-order valence-corrected chi connectivity index (χ3v) is 10.8. The number of carbonyl (C=O) groups is 2. The molecule has 0 unspecified atom stereocenters. The third-order valence-electron chi connectivity index (χ3n) is 9.96. The van der Waals surface area contributed by atoms with E-state index in [2.05, 4.69) is 38.2 Å². The molecule has 310 valence electrons. The van der Waals surface area contributed by atoms with Gasteiger partial charge in [-0.25, -0.2) is 18.0 Å². The Balaban J connectivity index is 0.0000292. The van der Waals surface area contributed by atoms with Crippen LogP contribution in [0.5, 0.6) is 0 Å². The van der Waals surface area contributed by atoms with Gasteiger partial charge in [0.25, 0.3) is 0 Å². The average molecular weight is 797 g/mol. The summed E-state index contributed by atoms with van der Waals surface area (Å²) in [5.74, 6) is -1.55. The molecular formula is C46H77NaO7S. The summed E-state index contributed by atoms with van der Waals surface area (Å²) < 4.78 is 45.8. The topological polar surface area (TPSA) is 110 Å². The fourth-order valence-electron chi connectivity index (χ4n) is 6.58. The Labute approximate surface area is 359 Å². The van der Waals surface area contributed by atoms with Crippen LogP contribution in [0, 0.1) is 0 Å². The van der Waals surface area contributed by atoms with E-state index in [1.807, 2.05) is 0 Å². The van der Waals surface area contributed by atoms with Crippen molar-refractivity contribution < 1.29 is 61.6 Å². The van der Waals surface area contributed by atoms with E-state index < -0.39 is 27.0 Å². The summed E-state index contributed by atoms with van der Waals surface area (Å²) in [7, 11) is -4.82. The first kappa shape index (κ1) is 53.6. The number of hydrogen-bond acceptors (Lipinski definition) is 7. The van der Waals surface area contributed by atoms with E-state index in [4.69, 9.17) is 9.47 Å². The van der Waals surface area contributed by atoms with Gasteiger partial charge in [0.05, 0.1) is 29.2 Å². The fourth-order valence-corrected chi connectivity index (χ4v) is 7.08. The molecule has 7 nitrogen and oxygen atoms in total. The van der Waals surface area contributed by atoms with Gasteiger partial charge in [-0.1, -0.05) is 179 Å². The largest absolute Gasteiger partial charge is 1.00 e. The predicted molar refractivity (Wildman–Crippen MR) is 223 cm³/mol. The van der Waals surface area contributed by atoms with Crippen molar-refractivity contribution in [2.75, 3.05) is 13.2 Å². The summed E-state index contributed by atoms with van der Waals surface area (Å²) in [6.07, 6.45) is 45.0. The number of carbonyl (C=O) groups excluding carboxylic acids is 2. The van der Waals surface area contributed by atoms with E-state index in [0.717, 1.165) is 50.7 Å². The van der Waals surface area contributed by atoms with Crippen molar-refractivity contribution in [1.29, 1.82) is 0 Å². The third kappa shape index (κ3) is 31.3. The molecule has 0 radical (unpaired) electrons. The van der Waals surface area contributed by atoms with Crippen LogP contribution in [-0.2, 0) is 19.6 Å². The molecule has 0 N–H and O–H groups in total. The van der Waals surface area contributed by atoms with Crippen LogP contribution in [0.25, 0.3) is 0 Å². The summed E-state index contributed by atoms with van der Waals surface area (Å²) in [4.78, 5) is 25.2. The number of rotatable bonds is 37. The van der Waals surface area contributed by atoms with Crippen LogP contribution < -0.4 is 29.6 Å². The molecule has 0 aromatic heterocycles.